The van der Waals surface area contributed by atoms with Gasteiger partial charge in [-0.3, -0.25) is 4.79 Å². The molecule has 260 valence electrons. The molecule has 2 amide bonds. The third kappa shape index (κ3) is 8.72. The van der Waals surface area contributed by atoms with Crippen LogP contribution >= 0.6 is 11.6 Å². The lowest BCUT2D eigenvalue weighted by atomic mass is 10.00. The van der Waals surface area contributed by atoms with Crippen molar-refractivity contribution in [1.29, 1.82) is 0 Å². The van der Waals surface area contributed by atoms with Crippen LogP contribution in [0.1, 0.15) is 48.7 Å². The number of nitrogens with one attached hydrogen (secondary N) is 1. The number of nitrogens with zero attached hydrogens (tertiary/aromatic N) is 4. The number of benzene rings is 2. The van der Waals surface area contributed by atoms with Crippen molar-refractivity contribution in [3.05, 3.63) is 70.4 Å². The Bertz CT molecular complexity index is 1760. The average Bonchev–Trinajstić information content (AvgIpc) is 3.14. The van der Waals surface area contributed by atoms with E-state index in [4.69, 9.17) is 16.0 Å². The van der Waals surface area contributed by atoms with E-state index in [1.165, 1.54) is 29.2 Å². The number of aliphatic hydroxyl groups excluding tert-OH is 1. The van der Waals surface area contributed by atoms with Gasteiger partial charge in [-0.1, -0.05) is 56.6 Å². The van der Waals surface area contributed by atoms with E-state index in [0.29, 0.717) is 12.1 Å². The number of amides is 2. The summed E-state index contributed by atoms with van der Waals surface area (Å²) in [5.41, 5.74) is 3.16. The van der Waals surface area contributed by atoms with Gasteiger partial charge in [-0.15, -0.1) is 0 Å². The van der Waals surface area contributed by atoms with E-state index in [0.717, 1.165) is 21.6 Å². The Hall–Kier alpha value is -3.56. The first-order valence-electron chi connectivity index (χ1n) is 15.6. The number of β-amino-alcohol motifs (C(OH)–C–C–N with tert-alkyl or cyclic N) is 1. The summed E-state index contributed by atoms with van der Waals surface area (Å²) in [6, 6.07) is 12.2. The number of aryl methyl sites for hydroxylation is 2. The van der Waals surface area contributed by atoms with Crippen LogP contribution in [-0.4, -0.2) is 97.1 Å². The van der Waals surface area contributed by atoms with Crippen LogP contribution in [0, 0.1) is 13.8 Å². The fourth-order valence-electron chi connectivity index (χ4n) is 5.39. The summed E-state index contributed by atoms with van der Waals surface area (Å²) in [5, 5.41) is 20.5. The molecule has 2 heterocycles. The van der Waals surface area contributed by atoms with Crippen LogP contribution in [0.15, 0.2) is 53.4 Å². The maximum Gasteiger partial charge on any atom is 0.407 e. The molecule has 4 rings (SSSR count). The van der Waals surface area contributed by atoms with Crippen molar-refractivity contribution in [3.63, 3.8) is 0 Å². The van der Waals surface area contributed by atoms with Gasteiger partial charge in [0.15, 0.2) is 8.32 Å². The second-order valence-corrected chi connectivity index (χ2v) is 20.5. The standard InChI is InChI=1S/C33H44ClN5O7SSi/c1-21-10-8-11-22(2)29(21)27-17-28(34)36-31(35-27)37-47(44,45)26-13-9-12-23(16-26)30(41)39-20-25(40)19-38(32(42)43)18-24(39)14-15-46-48(6,7)33(3,4)5/h8-13,16-17,24-25,40H,14-15,18-20H2,1-7H3,(H,42,43)(H,35,36,37). The van der Waals surface area contributed by atoms with Gasteiger partial charge in [-0.2, -0.15) is 0 Å². The number of hydrogen-bond acceptors (Lipinski definition) is 8. The lowest BCUT2D eigenvalue weighted by Gasteiger charge is -2.37. The lowest BCUT2D eigenvalue weighted by molar-refractivity contribution is 0.0556. The van der Waals surface area contributed by atoms with E-state index in [2.05, 4.69) is 48.6 Å². The van der Waals surface area contributed by atoms with Crippen LogP contribution in [0.4, 0.5) is 10.7 Å². The molecule has 0 spiro atoms. The summed E-state index contributed by atoms with van der Waals surface area (Å²) in [5.74, 6) is -0.782. The molecule has 0 saturated carbocycles. The SMILES string of the molecule is Cc1cccc(C)c1-c1cc(Cl)nc(NS(=O)(=O)c2cccc(C(=O)N3CC(O)CN(C(=O)O)CC3CCO[Si](C)(C)C(C)(C)C)c2)n1. The second kappa shape index (κ2) is 14.5. The fourth-order valence-corrected chi connectivity index (χ4v) is 7.62. The topological polar surface area (TPSA) is 162 Å². The zero-order chi connectivity index (χ0) is 35.6. The molecular weight excluding hydrogens is 674 g/mol. The maximum atomic E-state index is 14.0. The number of carboxylic acid groups (broad SMARTS) is 1. The molecule has 1 aliphatic rings. The van der Waals surface area contributed by atoms with Gasteiger partial charge in [0.05, 0.1) is 29.3 Å². The number of aromatic nitrogens is 2. The third-order valence-corrected chi connectivity index (χ3v) is 15.1. The summed E-state index contributed by atoms with van der Waals surface area (Å²) in [4.78, 5) is 36.8. The molecule has 1 aromatic heterocycles. The highest BCUT2D eigenvalue weighted by Crippen LogP contribution is 2.37. The number of hydrogen-bond donors (Lipinski definition) is 3. The van der Waals surface area contributed by atoms with Crippen LogP contribution in [0.5, 0.6) is 0 Å². The van der Waals surface area contributed by atoms with Gasteiger partial charge >= 0.3 is 6.09 Å². The van der Waals surface area contributed by atoms with Crippen molar-refractivity contribution in [1.82, 2.24) is 19.8 Å². The van der Waals surface area contributed by atoms with Crippen molar-refractivity contribution in [2.45, 2.75) is 76.2 Å². The number of aliphatic hydroxyl groups is 1. The lowest BCUT2D eigenvalue weighted by Crippen LogP contribution is -2.47. The molecule has 2 atom stereocenters. The molecule has 0 bridgehead atoms. The smallest absolute Gasteiger partial charge is 0.407 e. The first-order valence-corrected chi connectivity index (χ1v) is 20.4. The molecule has 1 saturated heterocycles. The Morgan fingerprint density at radius 1 is 1.04 bits per heavy atom. The molecule has 15 heteroatoms. The minimum atomic E-state index is -4.29. The zero-order valence-electron chi connectivity index (χ0n) is 28.3. The summed E-state index contributed by atoms with van der Waals surface area (Å²) in [6.07, 6.45) is -2.03. The van der Waals surface area contributed by atoms with Gasteiger partial charge in [0, 0.05) is 36.9 Å². The van der Waals surface area contributed by atoms with Crippen LogP contribution < -0.4 is 4.72 Å². The van der Waals surface area contributed by atoms with E-state index in [-0.39, 0.29) is 52.8 Å². The van der Waals surface area contributed by atoms with E-state index >= 15 is 0 Å². The van der Waals surface area contributed by atoms with E-state index in [1.54, 1.807) is 6.07 Å². The third-order valence-electron chi connectivity index (χ3n) is 9.01. The Kier molecular flexibility index (Phi) is 11.3. The van der Waals surface area contributed by atoms with Crippen LogP contribution in [-0.2, 0) is 14.4 Å². The van der Waals surface area contributed by atoms with Crippen molar-refractivity contribution in [2.75, 3.05) is 31.0 Å². The largest absolute Gasteiger partial charge is 0.465 e. The van der Waals surface area contributed by atoms with Crippen LogP contribution in [0.3, 0.4) is 0 Å². The molecule has 0 radical (unpaired) electrons. The Labute approximate surface area is 288 Å². The van der Waals surface area contributed by atoms with Gasteiger partial charge < -0.3 is 24.4 Å². The Morgan fingerprint density at radius 3 is 2.31 bits per heavy atom. The highest BCUT2D eigenvalue weighted by molar-refractivity contribution is 7.92. The van der Waals surface area contributed by atoms with Crippen molar-refractivity contribution >= 4 is 47.9 Å². The first kappa shape index (κ1) is 37.3. The summed E-state index contributed by atoms with van der Waals surface area (Å²) in [6.45, 7) is 14.3. The van der Waals surface area contributed by atoms with Gasteiger partial charge in [-0.05, 0) is 67.7 Å². The minimum Gasteiger partial charge on any atom is -0.465 e. The molecular formula is C33H44ClN5O7SSi. The summed E-state index contributed by atoms with van der Waals surface area (Å²) in [7, 11) is -6.42. The predicted octanol–water partition coefficient (Wildman–Crippen LogP) is 5.79. The number of anilines is 1. The Morgan fingerprint density at radius 2 is 1.69 bits per heavy atom. The van der Waals surface area contributed by atoms with Gasteiger partial charge in [0.1, 0.15) is 5.15 Å². The number of halogens is 1. The number of carbonyl (C=O) groups excluding carboxylic acids is 1. The first-order chi connectivity index (χ1) is 22.3. The van der Waals surface area contributed by atoms with E-state index < -0.39 is 42.5 Å². The molecule has 12 nitrogen and oxygen atoms in total. The molecule has 48 heavy (non-hydrogen) atoms. The Balaban J connectivity index is 1.61. The summed E-state index contributed by atoms with van der Waals surface area (Å²) >= 11 is 6.28. The highest BCUT2D eigenvalue weighted by Gasteiger charge is 2.39. The maximum absolute atomic E-state index is 14.0. The van der Waals surface area contributed by atoms with Crippen molar-refractivity contribution in [3.8, 4) is 11.3 Å². The number of sulfonamides is 1. The average molecular weight is 718 g/mol. The van der Waals surface area contributed by atoms with E-state index in [1.807, 2.05) is 32.0 Å². The molecule has 1 aliphatic heterocycles. The molecule has 2 aromatic carbocycles. The number of rotatable bonds is 9. The van der Waals surface area contributed by atoms with E-state index in [9.17, 15) is 28.2 Å². The van der Waals surface area contributed by atoms with Crippen LogP contribution in [0.25, 0.3) is 11.3 Å². The molecule has 1 fully saturated rings. The zero-order valence-corrected chi connectivity index (χ0v) is 30.9. The predicted molar refractivity (Wildman–Crippen MR) is 187 cm³/mol. The van der Waals surface area contributed by atoms with Gasteiger partial charge in [-0.25, -0.2) is 27.9 Å². The molecule has 0 aliphatic carbocycles. The highest BCUT2D eigenvalue weighted by atomic mass is 35.5. The number of carbonyl (C=O) groups is 2. The fraction of sp³-hybridized carbons (Fsp3) is 0.455. The van der Waals surface area contributed by atoms with Gasteiger partial charge in [0.2, 0.25) is 5.95 Å². The summed E-state index contributed by atoms with van der Waals surface area (Å²) < 4.78 is 35.9. The second-order valence-electron chi connectivity index (χ2n) is 13.6. The van der Waals surface area contributed by atoms with Crippen LogP contribution in [0.2, 0.25) is 23.3 Å². The molecule has 3 aromatic rings. The van der Waals surface area contributed by atoms with Crippen molar-refractivity contribution < 1.29 is 32.6 Å². The van der Waals surface area contributed by atoms with Crippen molar-refractivity contribution in [2.24, 2.45) is 0 Å². The normalized spacial score (nSPS) is 17.6. The monoisotopic (exact) mass is 717 g/mol. The minimum absolute atomic E-state index is 0.0344. The van der Waals surface area contributed by atoms with Gasteiger partial charge in [0.25, 0.3) is 15.9 Å². The molecule has 3 N–H and O–H groups in total. The quantitative estimate of drug-likeness (QED) is 0.184. The molecule has 2 unspecified atom stereocenters.